The predicted molar refractivity (Wildman–Crippen MR) is 73.8 cm³/mol. The minimum absolute atomic E-state index is 0.506. The lowest BCUT2D eigenvalue weighted by molar-refractivity contribution is 0.0783. The van der Waals surface area contributed by atoms with E-state index in [2.05, 4.69) is 22.8 Å². The van der Waals surface area contributed by atoms with Gasteiger partial charge in [0.1, 0.15) is 0 Å². The summed E-state index contributed by atoms with van der Waals surface area (Å²) in [5.41, 5.74) is 0. The molecule has 1 saturated heterocycles. The lowest BCUT2D eigenvalue weighted by Crippen LogP contribution is -2.40. The van der Waals surface area contributed by atoms with Crippen molar-refractivity contribution in [2.45, 2.75) is 50.3 Å². The highest BCUT2D eigenvalue weighted by atomic mass is 32.1. The number of hydrogen-bond acceptors (Lipinski definition) is 3. The van der Waals surface area contributed by atoms with Crippen molar-refractivity contribution in [2.24, 2.45) is 11.8 Å². The van der Waals surface area contributed by atoms with E-state index in [0.717, 1.165) is 18.4 Å². The third-order valence-corrected chi connectivity index (χ3v) is 5.51. The minimum Gasteiger partial charge on any atom is -0.376 e. The summed E-state index contributed by atoms with van der Waals surface area (Å²) < 4.78 is 5.95. The molecule has 2 saturated carbocycles. The van der Waals surface area contributed by atoms with E-state index in [1.165, 1.54) is 37.0 Å². The first-order chi connectivity index (χ1) is 8.92. The summed E-state index contributed by atoms with van der Waals surface area (Å²) >= 11 is 1.90. The van der Waals surface area contributed by atoms with E-state index in [4.69, 9.17) is 4.74 Å². The van der Waals surface area contributed by atoms with E-state index in [1.54, 1.807) is 0 Å². The largest absolute Gasteiger partial charge is 0.376 e. The molecule has 3 fully saturated rings. The molecule has 3 atom stereocenters. The van der Waals surface area contributed by atoms with Crippen molar-refractivity contribution in [2.75, 3.05) is 6.61 Å². The monoisotopic (exact) mass is 263 g/mol. The highest BCUT2D eigenvalue weighted by molar-refractivity contribution is 7.10. The third kappa shape index (κ3) is 2.24. The Morgan fingerprint density at radius 2 is 2.11 bits per heavy atom. The van der Waals surface area contributed by atoms with E-state index in [9.17, 15) is 0 Å². The summed E-state index contributed by atoms with van der Waals surface area (Å²) in [6.07, 6.45) is 7.28. The van der Waals surface area contributed by atoms with Crippen LogP contribution in [0.3, 0.4) is 0 Å². The van der Waals surface area contributed by atoms with Crippen LogP contribution >= 0.6 is 11.3 Å². The predicted octanol–water partition coefficient (Wildman–Crippen LogP) is 3.36. The second-order valence-corrected chi connectivity index (χ2v) is 7.04. The summed E-state index contributed by atoms with van der Waals surface area (Å²) in [6, 6.07) is 5.67. The number of hydrogen-bond donors (Lipinski definition) is 1. The molecule has 0 radical (unpaired) electrons. The molecule has 98 valence electrons. The van der Waals surface area contributed by atoms with Crippen molar-refractivity contribution in [1.82, 2.24) is 5.32 Å². The van der Waals surface area contributed by atoms with Gasteiger partial charge in [0, 0.05) is 23.6 Å². The fourth-order valence-electron chi connectivity index (χ4n) is 3.26. The number of nitrogens with one attached hydrogen (secondary N) is 1. The van der Waals surface area contributed by atoms with Gasteiger partial charge in [-0.3, -0.25) is 0 Å². The second kappa shape index (κ2) is 4.62. The summed E-state index contributed by atoms with van der Waals surface area (Å²) in [4.78, 5) is 1.53. The summed E-state index contributed by atoms with van der Waals surface area (Å²) in [5, 5.41) is 6.14. The molecule has 1 aromatic rings. The van der Waals surface area contributed by atoms with Crippen LogP contribution in [-0.2, 0) is 4.74 Å². The lowest BCUT2D eigenvalue weighted by atomic mass is 10.0. The van der Waals surface area contributed by atoms with E-state index in [0.29, 0.717) is 18.2 Å². The molecule has 2 aliphatic carbocycles. The van der Waals surface area contributed by atoms with Crippen molar-refractivity contribution in [3.8, 4) is 0 Å². The van der Waals surface area contributed by atoms with Crippen LogP contribution in [0.2, 0.25) is 0 Å². The first kappa shape index (κ1) is 11.4. The average Bonchev–Trinajstić information content (AvgIpc) is 3.30. The van der Waals surface area contributed by atoms with Gasteiger partial charge in [-0.15, -0.1) is 11.3 Å². The van der Waals surface area contributed by atoms with Crippen LogP contribution in [0.1, 0.15) is 43.0 Å². The molecule has 2 nitrogen and oxygen atoms in total. The molecule has 0 aromatic carbocycles. The van der Waals surface area contributed by atoms with Crippen molar-refractivity contribution < 1.29 is 4.74 Å². The standard InChI is InChI=1S/C15H21NOS/c1-2-13(18-9-1)14(10-3-4-10)16-12-7-8-17-15(12)11-5-6-11/h1-2,9-12,14-16H,3-8H2. The Bertz CT molecular complexity index is 397. The molecule has 18 heavy (non-hydrogen) atoms. The molecular formula is C15H21NOS. The van der Waals surface area contributed by atoms with Gasteiger partial charge in [-0.2, -0.15) is 0 Å². The molecule has 1 aliphatic heterocycles. The van der Waals surface area contributed by atoms with E-state index in [-0.39, 0.29) is 0 Å². The Kier molecular flexibility index (Phi) is 2.94. The van der Waals surface area contributed by atoms with Crippen LogP contribution in [0.15, 0.2) is 17.5 Å². The van der Waals surface area contributed by atoms with Crippen LogP contribution in [0, 0.1) is 11.8 Å². The van der Waals surface area contributed by atoms with Gasteiger partial charge in [-0.25, -0.2) is 0 Å². The first-order valence-electron chi connectivity index (χ1n) is 7.33. The molecular weight excluding hydrogens is 242 g/mol. The smallest absolute Gasteiger partial charge is 0.0757 e. The van der Waals surface area contributed by atoms with Gasteiger partial charge >= 0.3 is 0 Å². The molecule has 1 aromatic heterocycles. The lowest BCUT2D eigenvalue weighted by Gasteiger charge is -2.25. The van der Waals surface area contributed by atoms with Gasteiger partial charge in [0.2, 0.25) is 0 Å². The topological polar surface area (TPSA) is 21.3 Å². The van der Waals surface area contributed by atoms with Crippen molar-refractivity contribution >= 4 is 11.3 Å². The second-order valence-electron chi connectivity index (χ2n) is 6.07. The summed E-state index contributed by atoms with van der Waals surface area (Å²) in [6.45, 7) is 0.959. The molecule has 2 heterocycles. The number of rotatable bonds is 5. The Hall–Kier alpha value is -0.380. The zero-order chi connectivity index (χ0) is 11.9. The van der Waals surface area contributed by atoms with Crippen LogP contribution in [0.5, 0.6) is 0 Å². The fourth-order valence-corrected chi connectivity index (χ4v) is 4.14. The van der Waals surface area contributed by atoms with Crippen molar-refractivity contribution in [3.05, 3.63) is 22.4 Å². The molecule has 4 rings (SSSR count). The van der Waals surface area contributed by atoms with Gasteiger partial charge < -0.3 is 10.1 Å². The highest BCUT2D eigenvalue weighted by Gasteiger charge is 2.43. The van der Waals surface area contributed by atoms with Crippen LogP contribution < -0.4 is 5.32 Å². The average molecular weight is 263 g/mol. The Balaban J connectivity index is 1.47. The molecule has 0 bridgehead atoms. The van der Waals surface area contributed by atoms with Crippen molar-refractivity contribution in [3.63, 3.8) is 0 Å². The summed E-state index contributed by atoms with van der Waals surface area (Å²) in [7, 11) is 0. The molecule has 0 spiro atoms. The van der Waals surface area contributed by atoms with Gasteiger partial charge in [0.25, 0.3) is 0 Å². The molecule has 1 N–H and O–H groups in total. The van der Waals surface area contributed by atoms with Crippen LogP contribution in [-0.4, -0.2) is 18.8 Å². The maximum Gasteiger partial charge on any atom is 0.0757 e. The Labute approximate surface area is 113 Å². The number of thiophene rings is 1. The van der Waals surface area contributed by atoms with Gasteiger partial charge in [-0.1, -0.05) is 6.07 Å². The van der Waals surface area contributed by atoms with Crippen LogP contribution in [0.4, 0.5) is 0 Å². The van der Waals surface area contributed by atoms with Gasteiger partial charge in [0.05, 0.1) is 6.10 Å². The van der Waals surface area contributed by atoms with E-state index in [1.807, 2.05) is 11.3 Å². The zero-order valence-electron chi connectivity index (χ0n) is 10.7. The molecule has 0 amide bonds. The maximum absolute atomic E-state index is 5.95. The Morgan fingerprint density at radius 1 is 1.22 bits per heavy atom. The van der Waals surface area contributed by atoms with Crippen molar-refractivity contribution in [1.29, 1.82) is 0 Å². The molecule has 3 unspecified atom stereocenters. The number of ether oxygens (including phenoxy) is 1. The fraction of sp³-hybridized carbons (Fsp3) is 0.733. The summed E-state index contributed by atoms with van der Waals surface area (Å²) in [5.74, 6) is 1.73. The maximum atomic E-state index is 5.95. The van der Waals surface area contributed by atoms with Crippen LogP contribution in [0.25, 0.3) is 0 Å². The highest BCUT2D eigenvalue weighted by Crippen LogP contribution is 2.45. The SMILES string of the molecule is c1csc(C(NC2CCOC2C2CC2)C2CC2)c1. The quantitative estimate of drug-likeness (QED) is 0.879. The Morgan fingerprint density at radius 3 is 2.78 bits per heavy atom. The third-order valence-electron chi connectivity index (χ3n) is 4.56. The first-order valence-corrected chi connectivity index (χ1v) is 8.21. The normalized spacial score (nSPS) is 33.8. The van der Waals surface area contributed by atoms with Gasteiger partial charge in [0.15, 0.2) is 0 Å². The molecule has 3 aliphatic rings. The van der Waals surface area contributed by atoms with E-state index < -0.39 is 0 Å². The van der Waals surface area contributed by atoms with E-state index >= 15 is 0 Å². The van der Waals surface area contributed by atoms with Gasteiger partial charge in [-0.05, 0) is 55.4 Å². The zero-order valence-corrected chi connectivity index (χ0v) is 11.5. The minimum atomic E-state index is 0.506. The molecule has 3 heteroatoms.